The van der Waals surface area contributed by atoms with Gasteiger partial charge in [-0.05, 0) is 24.6 Å². The van der Waals surface area contributed by atoms with E-state index in [0.29, 0.717) is 6.42 Å². The molecule has 4 heteroatoms. The van der Waals surface area contributed by atoms with Crippen molar-refractivity contribution in [3.8, 4) is 0 Å². The average Bonchev–Trinajstić information content (AvgIpc) is 2.60. The van der Waals surface area contributed by atoms with E-state index in [1.54, 1.807) is 6.07 Å². The maximum Gasteiger partial charge on any atom is 0.200 e. The molecule has 1 aromatic carbocycles. The minimum atomic E-state index is -0.209. The van der Waals surface area contributed by atoms with Crippen molar-refractivity contribution in [3.63, 3.8) is 0 Å². The van der Waals surface area contributed by atoms with Gasteiger partial charge >= 0.3 is 0 Å². The number of nitrogens with zero attached hydrogens (tertiary/aromatic N) is 1. The first-order chi connectivity index (χ1) is 7.69. The van der Waals surface area contributed by atoms with Crippen LogP contribution in [0.1, 0.15) is 17.0 Å². The zero-order valence-corrected chi connectivity index (χ0v) is 9.34. The Morgan fingerprint density at radius 3 is 2.88 bits per heavy atom. The molecule has 0 aliphatic heterocycles. The largest absolute Gasteiger partial charge is 0.359 e. The zero-order chi connectivity index (χ0) is 11.5. The van der Waals surface area contributed by atoms with Gasteiger partial charge < -0.3 is 10.3 Å². The molecule has 0 bridgehead atoms. The molecule has 0 unspecified atom stereocenters. The van der Waals surface area contributed by atoms with Crippen molar-refractivity contribution in [1.82, 2.24) is 9.97 Å². The molecule has 0 amide bonds. The number of imidazole rings is 1. The molecule has 2 aromatic rings. The number of hydrogen-bond donors (Lipinski definition) is 2. The second kappa shape index (κ2) is 4.35. The number of nitrogens with one attached hydrogen (secondary N) is 2. The van der Waals surface area contributed by atoms with Crippen molar-refractivity contribution in [2.24, 2.45) is 0 Å². The van der Waals surface area contributed by atoms with Crippen molar-refractivity contribution >= 4 is 5.95 Å². The number of hydrogen-bond acceptors (Lipinski definition) is 2. The minimum Gasteiger partial charge on any atom is -0.359 e. The Bertz CT molecular complexity index is 491. The van der Waals surface area contributed by atoms with Crippen molar-refractivity contribution < 1.29 is 4.39 Å². The van der Waals surface area contributed by atoms with Gasteiger partial charge in [-0.2, -0.15) is 0 Å². The summed E-state index contributed by atoms with van der Waals surface area (Å²) in [4.78, 5) is 7.48. The summed E-state index contributed by atoms with van der Waals surface area (Å²) in [6.07, 6.45) is 0.641. The maximum absolute atomic E-state index is 13.0. The Kier molecular flexibility index (Phi) is 2.90. The molecule has 0 aliphatic rings. The van der Waals surface area contributed by atoms with Crippen LogP contribution < -0.4 is 5.32 Å². The molecule has 0 atom stereocenters. The predicted molar refractivity (Wildman–Crippen MR) is 62.1 cm³/mol. The van der Waals surface area contributed by atoms with Crippen LogP contribution in [0, 0.1) is 12.7 Å². The molecule has 1 aromatic heterocycles. The molecule has 16 heavy (non-hydrogen) atoms. The van der Waals surface area contributed by atoms with Gasteiger partial charge in [0.15, 0.2) is 5.95 Å². The lowest BCUT2D eigenvalue weighted by Gasteiger charge is -1.99. The second-order valence-corrected chi connectivity index (χ2v) is 3.71. The molecule has 2 N–H and O–H groups in total. The lowest BCUT2D eigenvalue weighted by atomic mass is 10.1. The SMILES string of the molecule is CNc1nc(Cc2cccc(F)c2)c(C)[nH]1. The highest BCUT2D eigenvalue weighted by atomic mass is 19.1. The Morgan fingerprint density at radius 1 is 1.44 bits per heavy atom. The number of aryl methyl sites for hydroxylation is 1. The first-order valence-corrected chi connectivity index (χ1v) is 5.16. The van der Waals surface area contributed by atoms with E-state index in [0.717, 1.165) is 22.9 Å². The average molecular weight is 219 g/mol. The summed E-state index contributed by atoms with van der Waals surface area (Å²) in [6.45, 7) is 1.96. The summed E-state index contributed by atoms with van der Waals surface area (Å²) in [5.74, 6) is 0.531. The third-order valence-corrected chi connectivity index (χ3v) is 2.48. The van der Waals surface area contributed by atoms with Gasteiger partial charge in [-0.1, -0.05) is 12.1 Å². The Hall–Kier alpha value is -1.84. The van der Waals surface area contributed by atoms with E-state index in [1.807, 2.05) is 20.0 Å². The van der Waals surface area contributed by atoms with Gasteiger partial charge in [-0.15, -0.1) is 0 Å². The minimum absolute atomic E-state index is 0.209. The lowest BCUT2D eigenvalue weighted by Crippen LogP contribution is -1.92. The van der Waals surface area contributed by atoms with Crippen LogP contribution in [0.2, 0.25) is 0 Å². The summed E-state index contributed by atoms with van der Waals surface area (Å²) in [5.41, 5.74) is 2.88. The van der Waals surface area contributed by atoms with Crippen LogP contribution in [0.15, 0.2) is 24.3 Å². The number of aromatic amines is 1. The third-order valence-electron chi connectivity index (χ3n) is 2.48. The summed E-state index contributed by atoms with van der Waals surface area (Å²) in [7, 11) is 1.81. The number of rotatable bonds is 3. The van der Waals surface area contributed by atoms with Crippen molar-refractivity contribution in [1.29, 1.82) is 0 Å². The topological polar surface area (TPSA) is 40.7 Å². The first kappa shape index (κ1) is 10.7. The van der Waals surface area contributed by atoms with Crippen LogP contribution in [0.5, 0.6) is 0 Å². The highest BCUT2D eigenvalue weighted by Crippen LogP contribution is 2.14. The van der Waals surface area contributed by atoms with E-state index in [-0.39, 0.29) is 5.82 Å². The number of aromatic nitrogens is 2. The fourth-order valence-electron chi connectivity index (χ4n) is 1.63. The summed E-state index contributed by atoms with van der Waals surface area (Å²) in [6, 6.07) is 6.59. The third kappa shape index (κ3) is 2.21. The zero-order valence-electron chi connectivity index (χ0n) is 9.34. The van der Waals surface area contributed by atoms with Crippen LogP contribution in [0.4, 0.5) is 10.3 Å². The van der Waals surface area contributed by atoms with Crippen molar-refractivity contribution in [3.05, 3.63) is 47.0 Å². The van der Waals surface area contributed by atoms with E-state index >= 15 is 0 Å². The van der Waals surface area contributed by atoms with Gasteiger partial charge in [0, 0.05) is 19.2 Å². The summed E-state index contributed by atoms with van der Waals surface area (Å²) in [5, 5.41) is 2.94. The normalized spacial score (nSPS) is 10.4. The molecule has 84 valence electrons. The van der Waals surface area contributed by atoms with Crippen molar-refractivity contribution in [2.75, 3.05) is 12.4 Å². The molecule has 3 nitrogen and oxygen atoms in total. The second-order valence-electron chi connectivity index (χ2n) is 3.71. The van der Waals surface area contributed by atoms with E-state index in [1.165, 1.54) is 12.1 Å². The first-order valence-electron chi connectivity index (χ1n) is 5.16. The maximum atomic E-state index is 13.0. The lowest BCUT2D eigenvalue weighted by molar-refractivity contribution is 0.626. The van der Waals surface area contributed by atoms with E-state index < -0.39 is 0 Å². The van der Waals surface area contributed by atoms with Gasteiger partial charge in [0.25, 0.3) is 0 Å². The summed E-state index contributed by atoms with van der Waals surface area (Å²) < 4.78 is 13.0. The van der Waals surface area contributed by atoms with Gasteiger partial charge in [0.05, 0.1) is 5.69 Å². The van der Waals surface area contributed by atoms with Gasteiger partial charge in [0.1, 0.15) is 5.82 Å². The molecule has 0 spiro atoms. The van der Waals surface area contributed by atoms with Crippen LogP contribution in [0.3, 0.4) is 0 Å². The number of anilines is 1. The Morgan fingerprint density at radius 2 is 2.25 bits per heavy atom. The highest BCUT2D eigenvalue weighted by Gasteiger charge is 2.06. The molecular weight excluding hydrogens is 205 g/mol. The molecule has 0 saturated carbocycles. The van der Waals surface area contributed by atoms with Crippen LogP contribution in [-0.4, -0.2) is 17.0 Å². The quantitative estimate of drug-likeness (QED) is 0.832. The van der Waals surface area contributed by atoms with Gasteiger partial charge in [-0.3, -0.25) is 0 Å². The van der Waals surface area contributed by atoms with Gasteiger partial charge in [0.2, 0.25) is 0 Å². The monoisotopic (exact) mass is 219 g/mol. The number of H-pyrrole nitrogens is 1. The van der Waals surface area contributed by atoms with E-state index in [4.69, 9.17) is 0 Å². The smallest absolute Gasteiger partial charge is 0.200 e. The predicted octanol–water partition coefficient (Wildman–Crippen LogP) is 2.49. The standard InChI is InChI=1S/C12H14FN3/c1-8-11(16-12(14-2)15-8)7-9-4-3-5-10(13)6-9/h3-6H,7H2,1-2H3,(H2,14,15,16). The molecule has 0 saturated heterocycles. The summed E-state index contributed by atoms with van der Waals surface area (Å²) >= 11 is 0. The fourth-order valence-corrected chi connectivity index (χ4v) is 1.63. The molecule has 0 fully saturated rings. The van der Waals surface area contributed by atoms with Crippen LogP contribution >= 0.6 is 0 Å². The van der Waals surface area contributed by atoms with Crippen LogP contribution in [0.25, 0.3) is 0 Å². The van der Waals surface area contributed by atoms with Gasteiger partial charge in [-0.25, -0.2) is 9.37 Å². The van der Waals surface area contributed by atoms with E-state index in [9.17, 15) is 4.39 Å². The number of benzene rings is 1. The highest BCUT2D eigenvalue weighted by molar-refractivity contribution is 5.33. The Labute approximate surface area is 93.7 Å². The molecule has 0 radical (unpaired) electrons. The van der Waals surface area contributed by atoms with Crippen molar-refractivity contribution in [2.45, 2.75) is 13.3 Å². The van der Waals surface area contributed by atoms with Crippen LogP contribution in [-0.2, 0) is 6.42 Å². The Balaban J connectivity index is 2.23. The molecular formula is C12H14FN3. The molecule has 2 rings (SSSR count). The molecule has 0 aliphatic carbocycles. The molecule has 1 heterocycles. The number of halogens is 1. The fraction of sp³-hybridized carbons (Fsp3) is 0.250. The van der Waals surface area contributed by atoms with E-state index in [2.05, 4.69) is 15.3 Å².